The summed E-state index contributed by atoms with van der Waals surface area (Å²) in [4.78, 5) is 89.8. The Labute approximate surface area is 583 Å². The van der Waals surface area contributed by atoms with Crippen molar-refractivity contribution in [3.05, 3.63) is 292 Å². The van der Waals surface area contributed by atoms with Crippen molar-refractivity contribution in [3.63, 3.8) is 0 Å². The number of ether oxygens (including phenoxy) is 4. The van der Waals surface area contributed by atoms with Crippen molar-refractivity contribution in [2.45, 2.75) is 0 Å². The summed E-state index contributed by atoms with van der Waals surface area (Å²) in [5.74, 6) is 3.18. The molecule has 0 bridgehead atoms. The number of nitrogens with zero attached hydrogens (tertiary/aromatic N) is 10. The van der Waals surface area contributed by atoms with Gasteiger partial charge in [-0.15, -0.1) is 0 Å². The second-order valence-corrected chi connectivity index (χ2v) is 19.0. The number of aromatic amines is 4. The van der Waals surface area contributed by atoms with Crippen LogP contribution in [-0.4, -0.2) is 96.2 Å². The quantitative estimate of drug-likeness (QED) is 0.0238. The van der Waals surface area contributed by atoms with Crippen molar-refractivity contribution < 1.29 is 93.6 Å². The van der Waals surface area contributed by atoms with Crippen molar-refractivity contribution in [2.24, 2.45) is 0 Å². The second-order valence-electron chi connectivity index (χ2n) is 19.0. The number of H-pyrrole nitrogens is 4. The predicted molar refractivity (Wildman–Crippen MR) is 356 cm³/mol. The van der Waals surface area contributed by atoms with Crippen LogP contribution in [0.15, 0.2) is 220 Å². The van der Waals surface area contributed by atoms with E-state index in [2.05, 4.69) is 66.2 Å². The van der Waals surface area contributed by atoms with Gasteiger partial charge in [0.05, 0.1) is 74.0 Å². The molecular weight excluding hydrogens is 1470 g/mol. The number of nitro groups is 4. The third-order valence-corrected chi connectivity index (χ3v) is 12.7. The number of hydrogen-bond donors (Lipinski definition) is 4. The molecule has 508 valence electrons. The maximum absolute atomic E-state index is 11.2. The van der Waals surface area contributed by atoms with Crippen LogP contribution in [0.3, 0.4) is 0 Å². The second kappa shape index (κ2) is 37.2. The monoisotopic (exact) mass is 1520 g/mol. The molecule has 4 N–H and O–H groups in total. The van der Waals surface area contributed by atoms with Gasteiger partial charge in [-0.3, -0.25) is 40.5 Å². The molecule has 0 fully saturated rings. The summed E-state index contributed by atoms with van der Waals surface area (Å²) in [6.45, 7) is 15.0. The van der Waals surface area contributed by atoms with E-state index in [1.807, 2.05) is 97.1 Å². The Morgan fingerprint density at radius 1 is 0.316 bits per heavy atom. The average molecular weight is 1520 g/mol. The van der Waals surface area contributed by atoms with E-state index < -0.39 is 29.9 Å². The smallest absolute Gasteiger partial charge is 0.483 e. The van der Waals surface area contributed by atoms with Gasteiger partial charge in [-0.1, -0.05) is 99.2 Å². The Morgan fingerprint density at radius 3 is 0.663 bits per heavy atom. The molecule has 0 saturated heterocycles. The molecule has 32 nitrogen and oxygen atoms in total. The average Bonchev–Trinajstić information content (AvgIpc) is 1.65. The number of hydrogen-bond acceptors (Lipinski definition) is 22. The molecule has 0 radical (unpaired) electrons. The topological polar surface area (TPSA) is 457 Å². The molecule has 0 aliphatic carbocycles. The minimum atomic E-state index is -1.75. The first-order valence-electron chi connectivity index (χ1n) is 27.7. The van der Waals surface area contributed by atoms with Crippen molar-refractivity contribution >= 4 is 66.9 Å². The first kappa shape index (κ1) is 76.0. The molecule has 0 aliphatic rings. The van der Waals surface area contributed by atoms with Crippen LogP contribution in [0.1, 0.15) is 0 Å². The summed E-state index contributed by atoms with van der Waals surface area (Å²) in [6, 6.07) is 49.4. The third kappa shape index (κ3) is 21.1. The van der Waals surface area contributed by atoms with E-state index >= 15 is 0 Å². The van der Waals surface area contributed by atoms with Crippen molar-refractivity contribution in [1.82, 2.24) is 39.9 Å². The molecule has 0 atom stereocenters. The van der Waals surface area contributed by atoms with Gasteiger partial charge in [-0.25, -0.2) is 19.9 Å². The summed E-state index contributed by atoms with van der Waals surface area (Å²) in [5.41, 5.74) is 8.92. The van der Waals surface area contributed by atoms with E-state index in [0.717, 1.165) is 44.1 Å². The molecule has 12 aromatic rings. The number of nitro benzene ring substituents is 4. The molecule has 98 heavy (non-hydrogen) atoms. The molecule has 0 unspecified atom stereocenters. The summed E-state index contributed by atoms with van der Waals surface area (Å²) in [7, 11) is 0. The van der Waals surface area contributed by atoms with Gasteiger partial charge in [0.1, 0.15) is 49.7 Å². The fourth-order valence-corrected chi connectivity index (χ4v) is 8.67. The van der Waals surface area contributed by atoms with E-state index in [-0.39, 0.29) is 117 Å². The Balaban J connectivity index is 0.000000226. The minimum absolute atomic E-state index is 0. The van der Waals surface area contributed by atoms with E-state index in [1.165, 1.54) is 48.6 Å². The summed E-state index contributed by atoms with van der Waals surface area (Å²) in [5, 5.41) is 74.3. The van der Waals surface area contributed by atoms with Crippen LogP contribution < -0.4 is 18.9 Å². The maximum Gasteiger partial charge on any atom is 1.00 e. The number of fused-ring (bicyclic) bond motifs is 4. The number of imidazole rings is 4. The summed E-state index contributed by atoms with van der Waals surface area (Å²) >= 11 is 0. The fourth-order valence-electron chi connectivity index (χ4n) is 8.67. The largest absolute Gasteiger partial charge is 1.00 e. The van der Waals surface area contributed by atoms with Crippen molar-refractivity contribution in [2.75, 3.05) is 26.4 Å². The molecule has 12 rings (SSSR count). The van der Waals surface area contributed by atoms with Crippen LogP contribution >= 0.6 is 0 Å². The number of aromatic nitrogens is 8. The fraction of sp³-hybridized carbons (Fsp3) is 0.0625. The Kier molecular flexibility index (Phi) is 28.9. The van der Waals surface area contributed by atoms with Crippen LogP contribution in [0.25, 0.3) is 89.7 Å². The normalized spacial score (nSPS) is 9.96. The maximum atomic E-state index is 11.2. The molecule has 4 heterocycles. The van der Waals surface area contributed by atoms with Crippen LogP contribution in [-0.2, 0) is 44.8 Å². The molecule has 34 heteroatoms. The molecule has 0 spiro atoms. The van der Waals surface area contributed by atoms with Crippen molar-refractivity contribution in [1.29, 1.82) is 0 Å². The van der Waals surface area contributed by atoms with Crippen LogP contribution in [0, 0.1) is 71.1 Å². The number of rotatable bonds is 20. The number of benzene rings is 8. The van der Waals surface area contributed by atoms with E-state index in [0.29, 0.717) is 45.6 Å². The zero-order chi connectivity index (χ0) is 69.3. The minimum Gasteiger partial charge on any atom is -0.483 e. The van der Waals surface area contributed by atoms with Gasteiger partial charge in [-0.2, -0.15) is 0 Å². The SMILES string of the molecule is C=CCOc1ccc(-c2nc3ccccc3[nH]2)cc1[N+](=O)[O-].C=CCOc1ccc(-c2nc3ccccc3[nH]2)cc1[N+](=O)[O-].C=CCOc1ccc(-c2nc3ccccc3[nH]2)cc1[N+](=O)[O-].C=CCOc1ccc(-c2nc3ccccc3[nH]2)cc1[N+](=O)[O-].O=[N+]([O-])[O-].O=[N+]([O-])[O-].[Ag+].[Ag+]. The van der Waals surface area contributed by atoms with Gasteiger partial charge < -0.3 is 69.5 Å². The molecule has 0 saturated carbocycles. The molecule has 4 aromatic heterocycles. The number of nitrogens with one attached hydrogen (secondary N) is 4. The van der Waals surface area contributed by atoms with Crippen LogP contribution in [0.2, 0.25) is 0 Å². The van der Waals surface area contributed by atoms with Gasteiger partial charge in [0.25, 0.3) is 0 Å². The molecule has 0 amide bonds. The van der Waals surface area contributed by atoms with Gasteiger partial charge >= 0.3 is 67.5 Å². The molecule has 8 aromatic carbocycles. The zero-order valence-electron chi connectivity index (χ0n) is 50.6. The standard InChI is InChI=1S/4C16H13N3O3.2Ag.2NO3/c4*1-2-9-22-15-8-7-11(10-14(15)19(20)21)16-17-12-5-3-4-6-13(12)18-16;;;2*2-1(3)4/h4*2-8,10H,1,9H2,(H,17,18);;;;/q;;;;2*+1;2*-1. The van der Waals surface area contributed by atoms with E-state index in [9.17, 15) is 40.5 Å². The Bertz CT molecular complexity index is 4100. The van der Waals surface area contributed by atoms with Gasteiger partial charge in [0.2, 0.25) is 0 Å². The molecule has 0 aliphatic heterocycles. The van der Waals surface area contributed by atoms with E-state index in [1.54, 1.807) is 48.5 Å². The first-order valence-corrected chi connectivity index (χ1v) is 27.7. The van der Waals surface area contributed by atoms with Crippen molar-refractivity contribution in [3.8, 4) is 68.5 Å². The summed E-state index contributed by atoms with van der Waals surface area (Å²) < 4.78 is 21.2. The molecular formula is C64H52Ag2N14O18. The van der Waals surface area contributed by atoms with E-state index in [4.69, 9.17) is 49.6 Å². The Morgan fingerprint density at radius 2 is 0.500 bits per heavy atom. The Hall–Kier alpha value is -12.7. The third-order valence-electron chi connectivity index (χ3n) is 12.7. The number of para-hydroxylation sites is 8. The van der Waals surface area contributed by atoms with Crippen LogP contribution in [0.4, 0.5) is 22.7 Å². The zero-order valence-corrected chi connectivity index (χ0v) is 53.5. The van der Waals surface area contributed by atoms with Gasteiger partial charge in [0.15, 0.2) is 23.0 Å². The van der Waals surface area contributed by atoms with Gasteiger partial charge in [-0.05, 0) is 97.1 Å². The van der Waals surface area contributed by atoms with Crippen LogP contribution in [0.5, 0.6) is 23.0 Å². The predicted octanol–water partition coefficient (Wildman–Crippen LogP) is 14.3. The van der Waals surface area contributed by atoms with Gasteiger partial charge in [0, 0.05) is 46.5 Å². The first-order chi connectivity index (χ1) is 46.2. The summed E-state index contributed by atoms with van der Waals surface area (Å²) in [6.07, 6.45) is 6.15.